The summed E-state index contributed by atoms with van der Waals surface area (Å²) in [7, 11) is 0. The van der Waals surface area contributed by atoms with E-state index in [0.717, 1.165) is 32.1 Å². The number of cyclic esters (lactones) is 1. The van der Waals surface area contributed by atoms with Crippen LogP contribution in [-0.2, 0) is 19.1 Å². The van der Waals surface area contributed by atoms with Gasteiger partial charge in [0.1, 0.15) is 18.3 Å². The van der Waals surface area contributed by atoms with Crippen molar-refractivity contribution < 1.29 is 24.2 Å². The number of hydrogen-bond acceptors (Lipinski definition) is 5. The minimum absolute atomic E-state index is 0.0198. The van der Waals surface area contributed by atoms with Crippen molar-refractivity contribution in [2.24, 2.45) is 22.7 Å². The first-order valence-corrected chi connectivity index (χ1v) is 9.65. The monoisotopic (exact) mass is 350 g/mol. The molecule has 25 heavy (non-hydrogen) atoms. The van der Waals surface area contributed by atoms with Gasteiger partial charge in [0.15, 0.2) is 5.78 Å². The summed E-state index contributed by atoms with van der Waals surface area (Å²) >= 11 is 0. The lowest BCUT2D eigenvalue weighted by Gasteiger charge is -2.63. The summed E-state index contributed by atoms with van der Waals surface area (Å²) in [5.41, 5.74) is -1.61. The van der Waals surface area contributed by atoms with Crippen LogP contribution in [-0.4, -0.2) is 40.8 Å². The lowest BCUT2D eigenvalue weighted by atomic mass is 9.43. The molecule has 5 nitrogen and oxygen atoms in total. The highest BCUT2D eigenvalue weighted by atomic mass is 16.6. The van der Waals surface area contributed by atoms with Crippen molar-refractivity contribution in [2.45, 2.75) is 83.5 Å². The minimum Gasteiger partial charge on any atom is -0.463 e. The third-order valence-corrected chi connectivity index (χ3v) is 8.00. The smallest absolute Gasteiger partial charge is 0.308 e. The predicted molar refractivity (Wildman–Crippen MR) is 90.8 cm³/mol. The molecule has 6 atom stereocenters. The molecule has 0 aromatic rings. The Morgan fingerprint density at radius 1 is 1.08 bits per heavy atom. The summed E-state index contributed by atoms with van der Waals surface area (Å²) in [5.74, 6) is -0.713. The lowest BCUT2D eigenvalue weighted by molar-refractivity contribution is -0.255. The molecule has 0 aromatic carbocycles. The molecule has 4 fully saturated rings. The van der Waals surface area contributed by atoms with Crippen LogP contribution in [0.1, 0.15) is 66.2 Å². The first-order valence-electron chi connectivity index (χ1n) is 9.65. The zero-order valence-corrected chi connectivity index (χ0v) is 15.8. The van der Waals surface area contributed by atoms with Gasteiger partial charge in [-0.25, -0.2) is 0 Å². The molecule has 2 aliphatic carbocycles. The van der Waals surface area contributed by atoms with E-state index in [1.54, 1.807) is 0 Å². The van der Waals surface area contributed by atoms with Gasteiger partial charge in [0.2, 0.25) is 0 Å². The highest BCUT2D eigenvalue weighted by Gasteiger charge is 2.72. The van der Waals surface area contributed by atoms with Crippen LogP contribution >= 0.6 is 0 Å². The van der Waals surface area contributed by atoms with Crippen molar-refractivity contribution in [1.82, 2.24) is 0 Å². The van der Waals surface area contributed by atoms with Crippen molar-refractivity contribution in [3.63, 3.8) is 0 Å². The average Bonchev–Trinajstić information content (AvgIpc) is 3.08. The Labute approximate surface area is 149 Å². The van der Waals surface area contributed by atoms with Crippen LogP contribution in [0.4, 0.5) is 0 Å². The number of fused-ring (bicyclic) bond motifs is 2. The topological polar surface area (TPSA) is 72.8 Å². The van der Waals surface area contributed by atoms with Gasteiger partial charge in [-0.05, 0) is 31.1 Å². The maximum atomic E-state index is 13.1. The van der Waals surface area contributed by atoms with Gasteiger partial charge < -0.3 is 14.6 Å². The molecular formula is C20H30O5. The number of rotatable bonds is 0. The highest BCUT2D eigenvalue weighted by molar-refractivity contribution is 5.88. The van der Waals surface area contributed by atoms with E-state index < -0.39 is 17.3 Å². The molecule has 5 heteroatoms. The molecule has 0 bridgehead atoms. The van der Waals surface area contributed by atoms with Gasteiger partial charge in [0, 0.05) is 17.3 Å². The van der Waals surface area contributed by atoms with Gasteiger partial charge in [-0.3, -0.25) is 9.59 Å². The van der Waals surface area contributed by atoms with Gasteiger partial charge in [-0.2, -0.15) is 0 Å². The molecular weight excluding hydrogens is 320 g/mol. The molecule has 0 amide bonds. The third kappa shape index (κ3) is 2.08. The normalized spacial score (nSPS) is 51.8. The quantitative estimate of drug-likeness (QED) is 0.680. The second kappa shape index (κ2) is 5.07. The van der Waals surface area contributed by atoms with E-state index in [0.29, 0.717) is 6.61 Å². The SMILES string of the molecule is C[C@H]1[C@@H](O)C(=O)[C@H]2C(C)(C)CCC[C@]2(C)[C@@]12CC[C@]1(COC(=O)C1)O2. The van der Waals surface area contributed by atoms with E-state index in [-0.39, 0.29) is 40.8 Å². The number of ether oxygens (including phenoxy) is 2. The molecule has 2 aliphatic heterocycles. The van der Waals surface area contributed by atoms with Crippen molar-refractivity contribution in [3.8, 4) is 0 Å². The third-order valence-electron chi connectivity index (χ3n) is 8.00. The fraction of sp³-hybridized carbons (Fsp3) is 0.900. The van der Waals surface area contributed by atoms with Crippen LogP contribution < -0.4 is 0 Å². The molecule has 2 heterocycles. The van der Waals surface area contributed by atoms with E-state index in [4.69, 9.17) is 9.47 Å². The number of aliphatic hydroxyl groups excluding tert-OH is 1. The van der Waals surface area contributed by atoms with Gasteiger partial charge in [-0.15, -0.1) is 0 Å². The molecule has 2 saturated heterocycles. The number of carbonyl (C=O) groups is 2. The number of carbonyl (C=O) groups excluding carboxylic acids is 2. The molecule has 2 saturated carbocycles. The van der Waals surface area contributed by atoms with Crippen LogP contribution in [0.5, 0.6) is 0 Å². The standard InChI is InChI=1S/C20H30O5/c1-12-14(22)15(23)16-17(2,3)6-5-7-18(16,4)20(12)9-8-19(25-20)10-13(21)24-11-19/h12,14,16,22H,5-11H2,1-4H3/t12-,14+,16-,18-,19-,20+/m0/s1. The Bertz CT molecular complexity index is 628. The lowest BCUT2D eigenvalue weighted by Crippen LogP contribution is -2.69. The summed E-state index contributed by atoms with van der Waals surface area (Å²) < 4.78 is 12.0. The van der Waals surface area contributed by atoms with Gasteiger partial charge >= 0.3 is 5.97 Å². The van der Waals surface area contributed by atoms with E-state index in [9.17, 15) is 14.7 Å². The Morgan fingerprint density at radius 3 is 2.44 bits per heavy atom. The summed E-state index contributed by atoms with van der Waals surface area (Å²) in [5, 5.41) is 10.8. The molecule has 0 radical (unpaired) electrons. The highest BCUT2D eigenvalue weighted by Crippen LogP contribution is 2.67. The molecule has 0 aromatic heterocycles. The number of hydrogen-bond donors (Lipinski definition) is 1. The van der Waals surface area contributed by atoms with E-state index in [1.165, 1.54) is 0 Å². The predicted octanol–water partition coefficient (Wildman–Crippen LogP) is 2.63. The first kappa shape index (κ1) is 17.5. The number of aliphatic hydroxyl groups is 1. The molecule has 0 unspecified atom stereocenters. The maximum absolute atomic E-state index is 13.1. The van der Waals surface area contributed by atoms with Crippen LogP contribution in [0, 0.1) is 22.7 Å². The second-order valence-corrected chi connectivity index (χ2v) is 9.84. The van der Waals surface area contributed by atoms with Gasteiger partial charge in [-0.1, -0.05) is 34.1 Å². The van der Waals surface area contributed by atoms with Gasteiger partial charge in [0.25, 0.3) is 0 Å². The van der Waals surface area contributed by atoms with Crippen molar-refractivity contribution >= 4 is 11.8 Å². The molecule has 1 N–H and O–H groups in total. The van der Waals surface area contributed by atoms with Crippen LogP contribution in [0.2, 0.25) is 0 Å². The molecule has 2 spiro atoms. The van der Waals surface area contributed by atoms with Crippen molar-refractivity contribution in [1.29, 1.82) is 0 Å². The summed E-state index contributed by atoms with van der Waals surface area (Å²) in [6.07, 6.45) is 3.80. The van der Waals surface area contributed by atoms with Crippen LogP contribution in [0.3, 0.4) is 0 Å². The Hall–Kier alpha value is -0.940. The summed E-state index contributed by atoms with van der Waals surface area (Å²) in [6.45, 7) is 8.74. The fourth-order valence-electron chi connectivity index (χ4n) is 6.84. The zero-order valence-electron chi connectivity index (χ0n) is 15.8. The minimum atomic E-state index is -0.997. The molecule has 4 rings (SSSR count). The summed E-state index contributed by atoms with van der Waals surface area (Å²) in [6, 6.07) is 0. The maximum Gasteiger partial charge on any atom is 0.308 e. The van der Waals surface area contributed by atoms with E-state index in [2.05, 4.69) is 20.8 Å². The number of esters is 1. The Kier molecular flexibility index (Phi) is 3.54. The van der Waals surface area contributed by atoms with Crippen molar-refractivity contribution in [2.75, 3.05) is 6.61 Å². The number of ketones is 1. The Morgan fingerprint density at radius 2 is 1.80 bits per heavy atom. The van der Waals surface area contributed by atoms with E-state index in [1.807, 2.05) is 6.92 Å². The largest absolute Gasteiger partial charge is 0.463 e. The second-order valence-electron chi connectivity index (χ2n) is 9.84. The molecule has 4 aliphatic rings. The average molecular weight is 350 g/mol. The Balaban J connectivity index is 1.81. The fourth-order valence-corrected chi connectivity index (χ4v) is 6.84. The summed E-state index contributed by atoms with van der Waals surface area (Å²) in [4.78, 5) is 24.8. The zero-order chi connectivity index (χ0) is 18.3. The van der Waals surface area contributed by atoms with Crippen LogP contribution in [0.15, 0.2) is 0 Å². The van der Waals surface area contributed by atoms with E-state index >= 15 is 0 Å². The van der Waals surface area contributed by atoms with Crippen molar-refractivity contribution in [3.05, 3.63) is 0 Å². The first-order chi connectivity index (χ1) is 11.6. The number of Topliss-reactive ketones (excluding diaryl/α,β-unsaturated/α-hetero) is 1. The van der Waals surface area contributed by atoms with Crippen LogP contribution in [0.25, 0.3) is 0 Å². The van der Waals surface area contributed by atoms with Gasteiger partial charge in [0.05, 0.1) is 12.0 Å². The molecule has 140 valence electrons.